The molecule has 0 saturated carbocycles. The van der Waals surface area contributed by atoms with E-state index in [4.69, 9.17) is 16.3 Å². The van der Waals surface area contributed by atoms with E-state index in [9.17, 15) is 18.0 Å². The van der Waals surface area contributed by atoms with E-state index in [0.717, 1.165) is 25.5 Å². The predicted octanol–water partition coefficient (Wildman–Crippen LogP) is 6.78. The molecular weight excluding hydrogens is 690 g/mol. The Morgan fingerprint density at radius 1 is 0.913 bits per heavy atom. The van der Waals surface area contributed by atoms with E-state index in [1.807, 2.05) is 75.4 Å². The van der Waals surface area contributed by atoms with Gasteiger partial charge in [0, 0.05) is 28.5 Å². The van der Waals surface area contributed by atoms with Gasteiger partial charge in [-0.15, -0.1) is 0 Å². The van der Waals surface area contributed by atoms with Crippen LogP contribution in [0.4, 0.5) is 5.69 Å². The summed E-state index contributed by atoms with van der Waals surface area (Å²) in [6, 6.07) is 26.6. The summed E-state index contributed by atoms with van der Waals surface area (Å²) in [5, 5.41) is 3.22. The lowest BCUT2D eigenvalue weighted by Crippen LogP contribution is -2.54. The molecule has 11 heteroatoms. The van der Waals surface area contributed by atoms with Crippen LogP contribution in [-0.4, -0.2) is 50.9 Å². The van der Waals surface area contributed by atoms with E-state index < -0.39 is 28.5 Å². The number of benzene rings is 4. The molecule has 0 aromatic heterocycles. The second-order valence-electron chi connectivity index (χ2n) is 11.2. The van der Waals surface area contributed by atoms with Crippen LogP contribution in [0.1, 0.15) is 30.5 Å². The van der Waals surface area contributed by atoms with Crippen molar-refractivity contribution in [3.05, 3.63) is 123 Å². The third-order valence-electron chi connectivity index (χ3n) is 7.27. The van der Waals surface area contributed by atoms with Crippen molar-refractivity contribution in [1.82, 2.24) is 10.2 Å². The van der Waals surface area contributed by atoms with Crippen molar-refractivity contribution in [2.45, 2.75) is 50.7 Å². The minimum absolute atomic E-state index is 0.00854. The number of halogens is 2. The second-order valence-corrected chi connectivity index (χ2v) is 14.4. The molecule has 4 rings (SSSR count). The molecule has 0 heterocycles. The third-order valence-corrected chi connectivity index (χ3v) is 9.80. The molecule has 4 aromatic carbocycles. The zero-order valence-electron chi connectivity index (χ0n) is 26.1. The van der Waals surface area contributed by atoms with Gasteiger partial charge in [-0.05, 0) is 74.4 Å². The Balaban J connectivity index is 1.85. The molecule has 0 fully saturated rings. The van der Waals surface area contributed by atoms with Gasteiger partial charge in [0.15, 0.2) is 0 Å². The maximum atomic E-state index is 14.6. The van der Waals surface area contributed by atoms with E-state index >= 15 is 0 Å². The van der Waals surface area contributed by atoms with Gasteiger partial charge in [-0.25, -0.2) is 8.42 Å². The topological polar surface area (TPSA) is 96.0 Å². The standard InChI is InChI=1S/C35H37BrClN3O5S/c1-24(2)38-35(42)32(20-26-8-6-5-7-9-26)39(22-27-12-14-28(36)15-13-27)34(41)23-40(31-21-29(37)16-19-33(31)45-4)46(43,44)30-17-10-25(3)11-18-30/h5-19,21,24,32H,20,22-23H2,1-4H3,(H,38,42). The Morgan fingerprint density at radius 3 is 2.17 bits per heavy atom. The summed E-state index contributed by atoms with van der Waals surface area (Å²) in [6.07, 6.45) is 0.215. The summed E-state index contributed by atoms with van der Waals surface area (Å²) in [5.74, 6) is -0.719. The Hall–Kier alpha value is -3.86. The van der Waals surface area contributed by atoms with Gasteiger partial charge in [0.25, 0.3) is 10.0 Å². The average molecular weight is 727 g/mol. The van der Waals surface area contributed by atoms with E-state index in [2.05, 4.69) is 21.2 Å². The summed E-state index contributed by atoms with van der Waals surface area (Å²) in [6.45, 7) is 4.98. The number of methoxy groups -OCH3 is 1. The van der Waals surface area contributed by atoms with Crippen molar-refractivity contribution in [2.75, 3.05) is 18.0 Å². The first-order chi connectivity index (χ1) is 21.9. The Bertz CT molecular complexity index is 1750. The lowest BCUT2D eigenvalue weighted by Gasteiger charge is -2.34. The predicted molar refractivity (Wildman–Crippen MR) is 186 cm³/mol. The third kappa shape index (κ3) is 8.90. The number of hydrogen-bond donors (Lipinski definition) is 1. The molecule has 0 aliphatic rings. The lowest BCUT2D eigenvalue weighted by atomic mass is 10.0. The monoisotopic (exact) mass is 725 g/mol. The molecule has 2 amide bonds. The lowest BCUT2D eigenvalue weighted by molar-refractivity contribution is -0.140. The summed E-state index contributed by atoms with van der Waals surface area (Å²) in [4.78, 5) is 29.8. The van der Waals surface area contributed by atoms with Crippen molar-refractivity contribution in [2.24, 2.45) is 0 Å². The molecule has 46 heavy (non-hydrogen) atoms. The largest absolute Gasteiger partial charge is 0.495 e. The number of amides is 2. The zero-order valence-corrected chi connectivity index (χ0v) is 29.3. The van der Waals surface area contributed by atoms with Crippen LogP contribution in [0.5, 0.6) is 5.75 Å². The van der Waals surface area contributed by atoms with Crippen LogP contribution in [0.25, 0.3) is 0 Å². The summed E-state index contributed by atoms with van der Waals surface area (Å²) >= 11 is 9.81. The van der Waals surface area contributed by atoms with Crippen molar-refractivity contribution < 1.29 is 22.7 Å². The highest BCUT2D eigenvalue weighted by Crippen LogP contribution is 2.35. The number of anilines is 1. The van der Waals surface area contributed by atoms with Crippen LogP contribution in [0.15, 0.2) is 106 Å². The average Bonchev–Trinajstić information content (AvgIpc) is 3.02. The van der Waals surface area contributed by atoms with E-state index in [1.54, 1.807) is 24.3 Å². The first-order valence-electron chi connectivity index (χ1n) is 14.7. The fourth-order valence-electron chi connectivity index (χ4n) is 4.93. The van der Waals surface area contributed by atoms with Crippen LogP contribution in [0.2, 0.25) is 5.02 Å². The molecule has 1 unspecified atom stereocenters. The highest BCUT2D eigenvalue weighted by atomic mass is 79.9. The van der Waals surface area contributed by atoms with E-state index in [-0.39, 0.29) is 46.3 Å². The van der Waals surface area contributed by atoms with Crippen LogP contribution in [0.3, 0.4) is 0 Å². The number of aryl methyl sites for hydroxylation is 1. The fraction of sp³-hybridized carbons (Fsp3) is 0.257. The molecular formula is C35H37BrClN3O5S. The van der Waals surface area contributed by atoms with Crippen LogP contribution >= 0.6 is 27.5 Å². The van der Waals surface area contributed by atoms with E-state index in [1.165, 1.54) is 30.2 Å². The minimum Gasteiger partial charge on any atom is -0.495 e. The van der Waals surface area contributed by atoms with Crippen molar-refractivity contribution >= 4 is 55.1 Å². The van der Waals surface area contributed by atoms with Crippen LogP contribution < -0.4 is 14.4 Å². The summed E-state index contributed by atoms with van der Waals surface area (Å²) in [5.41, 5.74) is 2.59. The van der Waals surface area contributed by atoms with Gasteiger partial charge in [0.2, 0.25) is 11.8 Å². The van der Waals surface area contributed by atoms with Crippen molar-refractivity contribution in [3.8, 4) is 5.75 Å². The van der Waals surface area contributed by atoms with Crippen LogP contribution in [0, 0.1) is 6.92 Å². The maximum Gasteiger partial charge on any atom is 0.264 e. The molecule has 0 aliphatic heterocycles. The molecule has 1 atom stereocenters. The highest BCUT2D eigenvalue weighted by Gasteiger charge is 2.35. The Morgan fingerprint density at radius 2 is 1.57 bits per heavy atom. The van der Waals surface area contributed by atoms with Gasteiger partial charge in [0.1, 0.15) is 18.3 Å². The summed E-state index contributed by atoms with van der Waals surface area (Å²) in [7, 11) is -2.90. The molecule has 4 aromatic rings. The van der Waals surface area contributed by atoms with Gasteiger partial charge in [0.05, 0.1) is 17.7 Å². The number of hydrogen-bond acceptors (Lipinski definition) is 5. The number of carbonyl (C=O) groups excluding carboxylic acids is 2. The Kier molecular flexibility index (Phi) is 11.9. The quantitative estimate of drug-likeness (QED) is 0.164. The summed E-state index contributed by atoms with van der Waals surface area (Å²) < 4.78 is 36.0. The van der Waals surface area contributed by atoms with Crippen molar-refractivity contribution in [3.63, 3.8) is 0 Å². The molecule has 0 aliphatic carbocycles. The number of nitrogens with one attached hydrogen (secondary N) is 1. The van der Waals surface area contributed by atoms with Gasteiger partial charge < -0.3 is 15.0 Å². The van der Waals surface area contributed by atoms with Gasteiger partial charge in [-0.1, -0.05) is 87.7 Å². The molecule has 0 spiro atoms. The first-order valence-corrected chi connectivity index (χ1v) is 17.3. The van der Waals surface area contributed by atoms with Gasteiger partial charge >= 0.3 is 0 Å². The number of nitrogens with zero attached hydrogens (tertiary/aromatic N) is 2. The zero-order chi connectivity index (χ0) is 33.4. The fourth-order valence-corrected chi connectivity index (χ4v) is 6.78. The molecule has 0 radical (unpaired) electrons. The molecule has 242 valence electrons. The molecule has 8 nitrogen and oxygen atoms in total. The first kappa shape index (κ1) is 35.0. The minimum atomic E-state index is -4.31. The smallest absolute Gasteiger partial charge is 0.264 e. The molecule has 0 bridgehead atoms. The highest BCUT2D eigenvalue weighted by molar-refractivity contribution is 9.10. The second kappa shape index (κ2) is 15.6. The van der Waals surface area contributed by atoms with E-state index in [0.29, 0.717) is 0 Å². The Labute approximate surface area is 284 Å². The van der Waals surface area contributed by atoms with Crippen molar-refractivity contribution in [1.29, 1.82) is 0 Å². The SMILES string of the molecule is COc1ccc(Cl)cc1N(CC(=O)N(Cc1ccc(Br)cc1)C(Cc1ccccc1)C(=O)NC(C)C)S(=O)(=O)c1ccc(C)cc1. The number of sulfonamides is 1. The normalized spacial score (nSPS) is 12.0. The number of ether oxygens (including phenoxy) is 1. The maximum absolute atomic E-state index is 14.6. The van der Waals surface area contributed by atoms with Gasteiger partial charge in [-0.2, -0.15) is 0 Å². The molecule has 0 saturated heterocycles. The number of rotatable bonds is 13. The van der Waals surface area contributed by atoms with Gasteiger partial charge in [-0.3, -0.25) is 13.9 Å². The number of carbonyl (C=O) groups is 2. The molecule has 1 N–H and O–H groups in total. The van der Waals surface area contributed by atoms with Crippen LogP contribution in [-0.2, 0) is 32.6 Å².